The number of rotatable bonds is 3. The fraction of sp³-hybridized carbons (Fsp3) is 0.227. The Kier molecular flexibility index (Phi) is 3.81. The van der Waals surface area contributed by atoms with Crippen molar-refractivity contribution in [3.63, 3.8) is 0 Å². The lowest BCUT2D eigenvalue weighted by Gasteiger charge is -2.15. The van der Waals surface area contributed by atoms with Crippen LogP contribution < -0.4 is 10.5 Å². The number of carbonyl (C=O) groups excluding carboxylic acids is 1. The molecule has 0 spiro atoms. The summed E-state index contributed by atoms with van der Waals surface area (Å²) in [7, 11) is 0. The van der Waals surface area contributed by atoms with E-state index in [0.29, 0.717) is 5.75 Å². The largest absolute Gasteiger partial charge is 0.425 e. The minimum atomic E-state index is -0.609. The lowest BCUT2D eigenvalue weighted by Crippen LogP contribution is -2.38. The number of hydrogen-bond donors (Lipinski definition) is 1. The first kappa shape index (κ1) is 15.9. The van der Waals surface area contributed by atoms with Gasteiger partial charge in [0, 0.05) is 0 Å². The van der Waals surface area contributed by atoms with Gasteiger partial charge in [-0.1, -0.05) is 56.3 Å². The van der Waals surface area contributed by atoms with Crippen LogP contribution in [0.15, 0.2) is 48.5 Å². The highest BCUT2D eigenvalue weighted by atomic mass is 16.5. The quantitative estimate of drug-likeness (QED) is 0.438. The maximum Gasteiger partial charge on any atom is 0.328 e. The molecular formula is C22H21NO2. The Labute approximate surface area is 147 Å². The molecule has 3 aromatic rings. The molecule has 0 heterocycles. The molecule has 0 bridgehead atoms. The van der Waals surface area contributed by atoms with E-state index in [2.05, 4.69) is 36.4 Å². The smallest absolute Gasteiger partial charge is 0.328 e. The molecule has 0 saturated carbocycles. The maximum atomic E-state index is 12.1. The van der Waals surface area contributed by atoms with Gasteiger partial charge in [0.1, 0.15) is 11.8 Å². The number of ether oxygens (including phenoxy) is 1. The minimum absolute atomic E-state index is 0.0487. The zero-order chi connectivity index (χ0) is 17.6. The van der Waals surface area contributed by atoms with E-state index in [1.54, 1.807) is 0 Å². The van der Waals surface area contributed by atoms with Gasteiger partial charge in [-0.15, -0.1) is 0 Å². The first-order valence-corrected chi connectivity index (χ1v) is 8.67. The number of esters is 1. The van der Waals surface area contributed by atoms with Crippen LogP contribution in [0.1, 0.15) is 25.0 Å². The lowest BCUT2D eigenvalue weighted by atomic mass is 9.96. The van der Waals surface area contributed by atoms with Gasteiger partial charge in [0.05, 0.1) is 0 Å². The summed E-state index contributed by atoms with van der Waals surface area (Å²) in [5.74, 6) is 0.197. The van der Waals surface area contributed by atoms with Crippen molar-refractivity contribution in [1.82, 2.24) is 0 Å². The molecule has 3 heteroatoms. The van der Waals surface area contributed by atoms with Crippen LogP contribution in [0.3, 0.4) is 0 Å². The number of carbonyl (C=O) groups is 1. The summed E-state index contributed by atoms with van der Waals surface area (Å²) >= 11 is 0. The summed E-state index contributed by atoms with van der Waals surface area (Å²) in [5.41, 5.74) is 8.56. The van der Waals surface area contributed by atoms with Crippen molar-refractivity contribution in [2.45, 2.75) is 26.3 Å². The van der Waals surface area contributed by atoms with Gasteiger partial charge in [0.2, 0.25) is 0 Å². The fourth-order valence-corrected chi connectivity index (χ4v) is 3.41. The number of nitrogens with two attached hydrogens (primary N) is 1. The standard InChI is InChI=1S/C22H21NO2/c1-13(2)21(23)22(24)25-16-8-11-18-15(12-16)7-10-19-17-5-3-4-14(17)6-9-20(18)19/h3-4,6-13,21H,5,23H2,1-2H3. The molecule has 0 fully saturated rings. The van der Waals surface area contributed by atoms with Crippen LogP contribution in [-0.4, -0.2) is 12.0 Å². The van der Waals surface area contributed by atoms with Crippen molar-refractivity contribution in [1.29, 1.82) is 0 Å². The van der Waals surface area contributed by atoms with Crippen molar-refractivity contribution in [2.24, 2.45) is 11.7 Å². The molecule has 1 unspecified atom stereocenters. The van der Waals surface area contributed by atoms with E-state index in [9.17, 15) is 4.79 Å². The third-order valence-electron chi connectivity index (χ3n) is 4.96. The monoisotopic (exact) mass is 331 g/mol. The number of hydrogen-bond acceptors (Lipinski definition) is 3. The van der Waals surface area contributed by atoms with E-state index in [0.717, 1.165) is 11.8 Å². The molecule has 2 N–H and O–H groups in total. The van der Waals surface area contributed by atoms with E-state index >= 15 is 0 Å². The van der Waals surface area contributed by atoms with Gasteiger partial charge in [-0.05, 0) is 57.1 Å². The van der Waals surface area contributed by atoms with Gasteiger partial charge in [0.15, 0.2) is 0 Å². The van der Waals surface area contributed by atoms with Crippen LogP contribution in [0.2, 0.25) is 0 Å². The highest BCUT2D eigenvalue weighted by molar-refractivity contribution is 6.10. The molecule has 1 aliphatic carbocycles. The number of fused-ring (bicyclic) bond motifs is 5. The van der Waals surface area contributed by atoms with E-state index in [4.69, 9.17) is 10.5 Å². The van der Waals surface area contributed by atoms with E-state index in [1.807, 2.05) is 32.0 Å². The van der Waals surface area contributed by atoms with Crippen LogP contribution in [0.25, 0.3) is 27.6 Å². The molecule has 0 saturated heterocycles. The third kappa shape index (κ3) is 2.71. The average Bonchev–Trinajstić information content (AvgIpc) is 3.09. The van der Waals surface area contributed by atoms with Crippen molar-refractivity contribution in [3.05, 3.63) is 59.7 Å². The van der Waals surface area contributed by atoms with E-state index in [1.165, 1.54) is 27.3 Å². The summed E-state index contributed by atoms with van der Waals surface area (Å²) in [6.45, 7) is 3.82. The highest BCUT2D eigenvalue weighted by Crippen LogP contribution is 2.34. The summed E-state index contributed by atoms with van der Waals surface area (Å²) in [5, 5.41) is 4.75. The van der Waals surface area contributed by atoms with Crippen LogP contribution in [0.4, 0.5) is 0 Å². The Morgan fingerprint density at radius 3 is 2.60 bits per heavy atom. The summed E-state index contributed by atoms with van der Waals surface area (Å²) < 4.78 is 5.46. The van der Waals surface area contributed by atoms with Crippen molar-refractivity contribution < 1.29 is 9.53 Å². The first-order valence-electron chi connectivity index (χ1n) is 8.67. The van der Waals surface area contributed by atoms with Gasteiger partial charge in [-0.25, -0.2) is 4.79 Å². The summed E-state index contributed by atoms with van der Waals surface area (Å²) in [4.78, 5) is 12.1. The van der Waals surface area contributed by atoms with Crippen molar-refractivity contribution in [3.8, 4) is 5.75 Å². The molecule has 3 aromatic carbocycles. The van der Waals surface area contributed by atoms with Crippen molar-refractivity contribution in [2.75, 3.05) is 0 Å². The fourth-order valence-electron chi connectivity index (χ4n) is 3.41. The Hall–Kier alpha value is -2.65. The van der Waals surface area contributed by atoms with Crippen LogP contribution in [0, 0.1) is 5.92 Å². The summed E-state index contributed by atoms with van der Waals surface area (Å²) in [6.07, 6.45) is 5.37. The molecule has 0 aliphatic heterocycles. The number of allylic oxidation sites excluding steroid dienone is 1. The summed E-state index contributed by atoms with van der Waals surface area (Å²) in [6, 6.07) is 13.8. The molecule has 1 atom stereocenters. The topological polar surface area (TPSA) is 52.3 Å². The third-order valence-corrected chi connectivity index (χ3v) is 4.96. The molecule has 1 aliphatic rings. The molecule has 4 rings (SSSR count). The molecule has 0 radical (unpaired) electrons. The van der Waals surface area contributed by atoms with Gasteiger partial charge in [0.25, 0.3) is 0 Å². The van der Waals surface area contributed by atoms with Gasteiger partial charge < -0.3 is 10.5 Å². The minimum Gasteiger partial charge on any atom is -0.425 e. The maximum absolute atomic E-state index is 12.1. The second-order valence-electron chi connectivity index (χ2n) is 6.97. The van der Waals surface area contributed by atoms with Crippen molar-refractivity contribution >= 4 is 33.6 Å². The molecule has 0 aromatic heterocycles. The predicted octanol–water partition coefficient (Wildman–Crippen LogP) is 4.45. The Morgan fingerprint density at radius 2 is 1.80 bits per heavy atom. The number of benzene rings is 3. The van der Waals surface area contributed by atoms with Gasteiger partial charge >= 0.3 is 5.97 Å². The average molecular weight is 331 g/mol. The Morgan fingerprint density at radius 1 is 1.04 bits per heavy atom. The molecule has 0 amide bonds. The van der Waals surface area contributed by atoms with E-state index < -0.39 is 6.04 Å². The SMILES string of the molecule is CC(C)C(N)C(=O)Oc1ccc2c(ccc3c4c(ccc32)C=CC4)c1. The van der Waals surface area contributed by atoms with Crippen LogP contribution in [-0.2, 0) is 11.2 Å². The Bertz CT molecular complexity index is 1020. The predicted molar refractivity (Wildman–Crippen MR) is 103 cm³/mol. The van der Waals surface area contributed by atoms with E-state index in [-0.39, 0.29) is 11.9 Å². The molecule has 25 heavy (non-hydrogen) atoms. The lowest BCUT2D eigenvalue weighted by molar-refractivity contribution is -0.136. The highest BCUT2D eigenvalue weighted by Gasteiger charge is 2.19. The van der Waals surface area contributed by atoms with Gasteiger partial charge in [-0.3, -0.25) is 0 Å². The zero-order valence-electron chi connectivity index (χ0n) is 14.5. The molecular weight excluding hydrogens is 310 g/mol. The van der Waals surface area contributed by atoms with Crippen LogP contribution in [0.5, 0.6) is 5.75 Å². The van der Waals surface area contributed by atoms with Gasteiger partial charge in [-0.2, -0.15) is 0 Å². The second-order valence-corrected chi connectivity index (χ2v) is 6.97. The van der Waals surface area contributed by atoms with Crippen LogP contribution >= 0.6 is 0 Å². The zero-order valence-corrected chi connectivity index (χ0v) is 14.5. The normalized spacial score (nSPS) is 14.2. The first-order chi connectivity index (χ1) is 12.0. The second kappa shape index (κ2) is 6.01. The molecule has 126 valence electrons. The Balaban J connectivity index is 1.74. The molecule has 3 nitrogen and oxygen atoms in total.